The van der Waals surface area contributed by atoms with E-state index in [0.29, 0.717) is 6.42 Å². The monoisotopic (exact) mass is 330 g/mol. The molecular weight excluding hydrogens is 312 g/mol. The third-order valence-corrected chi connectivity index (χ3v) is 4.18. The van der Waals surface area contributed by atoms with Gasteiger partial charge in [0.05, 0.1) is 11.4 Å². The molecule has 1 unspecified atom stereocenters. The molecular formula is C21H18N2O2. The topological polar surface area (TPSA) is 50.4 Å². The van der Waals surface area contributed by atoms with Crippen LogP contribution in [0.2, 0.25) is 0 Å². The minimum atomic E-state index is -0.498. The summed E-state index contributed by atoms with van der Waals surface area (Å²) in [6.07, 6.45) is 0.0956. The smallest absolute Gasteiger partial charge is 0.265 e. The van der Waals surface area contributed by atoms with Crippen molar-refractivity contribution < 1.29 is 9.53 Å². The van der Waals surface area contributed by atoms with E-state index >= 15 is 0 Å². The van der Waals surface area contributed by atoms with E-state index in [9.17, 15) is 4.79 Å². The molecule has 4 rings (SSSR count). The molecule has 0 aromatic heterocycles. The van der Waals surface area contributed by atoms with E-state index < -0.39 is 6.10 Å². The summed E-state index contributed by atoms with van der Waals surface area (Å²) in [5, 5.41) is 6.31. The fourth-order valence-electron chi connectivity index (χ4n) is 2.92. The Bertz CT molecular complexity index is 868. The Kier molecular flexibility index (Phi) is 4.09. The summed E-state index contributed by atoms with van der Waals surface area (Å²) in [7, 11) is 0. The Labute approximate surface area is 146 Å². The van der Waals surface area contributed by atoms with Crippen LogP contribution in [-0.2, 0) is 11.2 Å². The van der Waals surface area contributed by atoms with E-state index in [4.69, 9.17) is 4.74 Å². The number of ether oxygens (including phenoxy) is 1. The van der Waals surface area contributed by atoms with Gasteiger partial charge in [0.15, 0.2) is 6.10 Å². The molecule has 2 N–H and O–H groups in total. The largest absolute Gasteiger partial charge is 0.480 e. The van der Waals surface area contributed by atoms with Crippen molar-refractivity contribution in [2.75, 3.05) is 10.6 Å². The number of carbonyl (C=O) groups excluding carboxylic acids is 1. The predicted octanol–water partition coefficient (Wildman–Crippen LogP) is 4.37. The number of benzene rings is 3. The second-order valence-corrected chi connectivity index (χ2v) is 5.94. The molecule has 1 aliphatic heterocycles. The maximum Gasteiger partial charge on any atom is 0.265 e. The van der Waals surface area contributed by atoms with Crippen LogP contribution in [0.4, 0.5) is 17.1 Å². The van der Waals surface area contributed by atoms with Crippen molar-refractivity contribution in [3.63, 3.8) is 0 Å². The van der Waals surface area contributed by atoms with Gasteiger partial charge in [-0.15, -0.1) is 0 Å². The Balaban J connectivity index is 1.49. The highest BCUT2D eigenvalue weighted by Crippen LogP contribution is 2.30. The molecule has 3 aromatic carbocycles. The van der Waals surface area contributed by atoms with Crippen molar-refractivity contribution in [1.82, 2.24) is 0 Å². The number of carbonyl (C=O) groups is 1. The van der Waals surface area contributed by atoms with Crippen molar-refractivity contribution in [1.29, 1.82) is 0 Å². The second kappa shape index (κ2) is 6.69. The number of nitrogens with one attached hydrogen (secondary N) is 2. The molecule has 3 aromatic rings. The lowest BCUT2D eigenvalue weighted by atomic mass is 10.1. The molecule has 0 aliphatic carbocycles. The SMILES string of the molecule is O=C(Nc1ccccc1Nc1ccccc1)C1Cc2ccccc2O1. The summed E-state index contributed by atoms with van der Waals surface area (Å²) in [6.45, 7) is 0. The molecule has 25 heavy (non-hydrogen) atoms. The third-order valence-electron chi connectivity index (χ3n) is 4.18. The third kappa shape index (κ3) is 3.33. The molecule has 0 saturated carbocycles. The van der Waals surface area contributed by atoms with Gasteiger partial charge in [-0.05, 0) is 35.9 Å². The molecule has 0 spiro atoms. The molecule has 124 valence electrons. The van der Waals surface area contributed by atoms with Crippen LogP contribution in [0, 0.1) is 0 Å². The van der Waals surface area contributed by atoms with E-state index in [0.717, 1.165) is 28.4 Å². The van der Waals surface area contributed by atoms with Crippen LogP contribution in [0.1, 0.15) is 5.56 Å². The van der Waals surface area contributed by atoms with Crippen LogP contribution >= 0.6 is 0 Å². The standard InChI is InChI=1S/C21H18N2O2/c24-21(20-14-15-8-4-7-13-19(15)25-20)23-18-12-6-5-11-17(18)22-16-9-2-1-3-10-16/h1-13,20,22H,14H2,(H,23,24). The van der Waals surface area contributed by atoms with Crippen molar-refractivity contribution in [3.05, 3.63) is 84.4 Å². The second-order valence-electron chi connectivity index (χ2n) is 5.94. The first-order valence-corrected chi connectivity index (χ1v) is 8.26. The zero-order valence-electron chi connectivity index (χ0n) is 13.6. The van der Waals surface area contributed by atoms with Crippen molar-refractivity contribution in [2.24, 2.45) is 0 Å². The minimum Gasteiger partial charge on any atom is -0.480 e. The number of hydrogen-bond donors (Lipinski definition) is 2. The van der Waals surface area contributed by atoms with E-state index in [2.05, 4.69) is 10.6 Å². The molecule has 1 amide bonds. The quantitative estimate of drug-likeness (QED) is 0.747. The highest BCUT2D eigenvalue weighted by molar-refractivity contribution is 5.98. The Hall–Kier alpha value is -3.27. The van der Waals surface area contributed by atoms with Crippen molar-refractivity contribution in [2.45, 2.75) is 12.5 Å². The van der Waals surface area contributed by atoms with Gasteiger partial charge in [0, 0.05) is 12.1 Å². The van der Waals surface area contributed by atoms with Gasteiger partial charge in [0.2, 0.25) is 0 Å². The summed E-state index contributed by atoms with van der Waals surface area (Å²) in [5.74, 6) is 0.650. The number of amides is 1. The van der Waals surface area contributed by atoms with Crippen LogP contribution in [0.3, 0.4) is 0 Å². The van der Waals surface area contributed by atoms with E-state index in [1.165, 1.54) is 0 Å². The Morgan fingerprint density at radius 2 is 1.52 bits per heavy atom. The van der Waals surface area contributed by atoms with Crippen LogP contribution in [0.25, 0.3) is 0 Å². The van der Waals surface area contributed by atoms with E-state index in [1.807, 2.05) is 78.9 Å². The first-order valence-electron chi connectivity index (χ1n) is 8.26. The first kappa shape index (κ1) is 15.3. The van der Waals surface area contributed by atoms with Gasteiger partial charge in [-0.3, -0.25) is 4.79 Å². The fourth-order valence-corrected chi connectivity index (χ4v) is 2.92. The molecule has 1 aliphatic rings. The van der Waals surface area contributed by atoms with Gasteiger partial charge in [0.25, 0.3) is 5.91 Å². The number of hydrogen-bond acceptors (Lipinski definition) is 3. The number of anilines is 3. The van der Waals surface area contributed by atoms with Crippen molar-refractivity contribution in [3.8, 4) is 5.75 Å². The van der Waals surface area contributed by atoms with E-state index in [-0.39, 0.29) is 5.91 Å². The van der Waals surface area contributed by atoms with Crippen LogP contribution in [0.5, 0.6) is 5.75 Å². The highest BCUT2D eigenvalue weighted by Gasteiger charge is 2.29. The van der Waals surface area contributed by atoms with Crippen LogP contribution in [0.15, 0.2) is 78.9 Å². The lowest BCUT2D eigenvalue weighted by Crippen LogP contribution is -2.31. The molecule has 4 heteroatoms. The number of fused-ring (bicyclic) bond motifs is 1. The minimum absolute atomic E-state index is 0.140. The molecule has 1 heterocycles. The Morgan fingerprint density at radius 3 is 2.32 bits per heavy atom. The molecule has 0 radical (unpaired) electrons. The van der Waals surface area contributed by atoms with Crippen LogP contribution < -0.4 is 15.4 Å². The normalized spacial score (nSPS) is 15.1. The van der Waals surface area contributed by atoms with Gasteiger partial charge in [-0.25, -0.2) is 0 Å². The van der Waals surface area contributed by atoms with Gasteiger partial charge in [-0.2, -0.15) is 0 Å². The zero-order valence-corrected chi connectivity index (χ0v) is 13.6. The zero-order chi connectivity index (χ0) is 17.1. The summed E-state index contributed by atoms with van der Waals surface area (Å²) in [6, 6.07) is 25.3. The summed E-state index contributed by atoms with van der Waals surface area (Å²) in [4.78, 5) is 12.6. The van der Waals surface area contributed by atoms with E-state index in [1.54, 1.807) is 0 Å². The first-order chi connectivity index (χ1) is 12.3. The molecule has 1 atom stereocenters. The van der Waals surface area contributed by atoms with Crippen molar-refractivity contribution >= 4 is 23.0 Å². The number of para-hydroxylation sites is 4. The molecule has 4 nitrogen and oxygen atoms in total. The molecule has 0 bridgehead atoms. The maximum atomic E-state index is 12.6. The summed E-state index contributed by atoms with van der Waals surface area (Å²) < 4.78 is 5.77. The molecule has 0 fully saturated rings. The molecule has 0 saturated heterocycles. The number of rotatable bonds is 4. The average Bonchev–Trinajstić information content (AvgIpc) is 3.09. The van der Waals surface area contributed by atoms with Gasteiger partial charge in [0.1, 0.15) is 5.75 Å². The average molecular weight is 330 g/mol. The Morgan fingerprint density at radius 1 is 0.840 bits per heavy atom. The predicted molar refractivity (Wildman–Crippen MR) is 99.4 cm³/mol. The lowest BCUT2D eigenvalue weighted by Gasteiger charge is -2.15. The van der Waals surface area contributed by atoms with Gasteiger partial charge >= 0.3 is 0 Å². The van der Waals surface area contributed by atoms with Gasteiger partial charge in [-0.1, -0.05) is 48.5 Å². The van der Waals surface area contributed by atoms with Crippen LogP contribution in [-0.4, -0.2) is 12.0 Å². The highest BCUT2D eigenvalue weighted by atomic mass is 16.5. The summed E-state index contributed by atoms with van der Waals surface area (Å²) in [5.41, 5.74) is 3.61. The fraction of sp³-hybridized carbons (Fsp3) is 0.0952. The summed E-state index contributed by atoms with van der Waals surface area (Å²) >= 11 is 0. The lowest BCUT2D eigenvalue weighted by molar-refractivity contribution is -0.122. The van der Waals surface area contributed by atoms with Gasteiger partial charge < -0.3 is 15.4 Å². The maximum absolute atomic E-state index is 12.6.